The van der Waals surface area contributed by atoms with Crippen molar-refractivity contribution < 1.29 is 8.78 Å². The van der Waals surface area contributed by atoms with Gasteiger partial charge in [-0.1, -0.05) is 0 Å². The molecule has 3 nitrogen and oxygen atoms in total. The van der Waals surface area contributed by atoms with Crippen molar-refractivity contribution in [2.75, 3.05) is 7.05 Å². The number of halogens is 2. The molecule has 2 aromatic rings. The van der Waals surface area contributed by atoms with Crippen LogP contribution in [0.1, 0.15) is 11.3 Å². The van der Waals surface area contributed by atoms with Crippen LogP contribution in [-0.2, 0) is 6.54 Å². The first kappa shape index (κ1) is 11.7. The van der Waals surface area contributed by atoms with Crippen LogP contribution in [0.2, 0.25) is 0 Å². The smallest absolute Gasteiger partial charge is 0.133 e. The van der Waals surface area contributed by atoms with Gasteiger partial charge in [-0.25, -0.2) is 8.78 Å². The van der Waals surface area contributed by atoms with Crippen LogP contribution in [-0.4, -0.2) is 17.2 Å². The summed E-state index contributed by atoms with van der Waals surface area (Å²) in [5.74, 6) is -0.897. The van der Waals surface area contributed by atoms with Crippen molar-refractivity contribution in [2.24, 2.45) is 0 Å². The molecule has 0 fully saturated rings. The van der Waals surface area contributed by atoms with Crippen molar-refractivity contribution in [1.29, 1.82) is 0 Å². The second-order valence-electron chi connectivity index (χ2n) is 3.89. The highest BCUT2D eigenvalue weighted by molar-refractivity contribution is 5.60. The first-order valence-electron chi connectivity index (χ1n) is 5.26. The second kappa shape index (κ2) is 4.63. The van der Waals surface area contributed by atoms with Gasteiger partial charge in [0.2, 0.25) is 0 Å². The molecule has 17 heavy (non-hydrogen) atoms. The zero-order valence-corrected chi connectivity index (χ0v) is 9.64. The molecule has 5 heteroatoms. The van der Waals surface area contributed by atoms with E-state index in [-0.39, 0.29) is 11.1 Å². The number of aromatic amines is 1. The van der Waals surface area contributed by atoms with Crippen LogP contribution in [0, 0.1) is 18.6 Å². The lowest BCUT2D eigenvalue weighted by Gasteiger charge is -2.02. The highest BCUT2D eigenvalue weighted by Crippen LogP contribution is 2.24. The van der Waals surface area contributed by atoms with Gasteiger partial charge in [0, 0.05) is 17.8 Å². The molecule has 90 valence electrons. The molecule has 0 aliphatic heterocycles. The van der Waals surface area contributed by atoms with E-state index in [4.69, 9.17) is 0 Å². The summed E-state index contributed by atoms with van der Waals surface area (Å²) in [4.78, 5) is 0. The Bertz CT molecular complexity index is 535. The minimum Gasteiger partial charge on any atom is -0.314 e. The Balaban J connectivity index is 2.41. The van der Waals surface area contributed by atoms with Crippen molar-refractivity contribution in [1.82, 2.24) is 15.5 Å². The minimum absolute atomic E-state index is 0.173. The number of H-pyrrole nitrogens is 1. The summed E-state index contributed by atoms with van der Waals surface area (Å²) in [5.41, 5.74) is 1.69. The molecule has 0 radical (unpaired) electrons. The summed E-state index contributed by atoms with van der Waals surface area (Å²) in [6.07, 6.45) is 0. The van der Waals surface area contributed by atoms with Crippen molar-refractivity contribution in [3.05, 3.63) is 41.1 Å². The fraction of sp³-hybridized carbons (Fsp3) is 0.250. The number of hydrogen-bond donors (Lipinski definition) is 2. The molecule has 0 atom stereocenters. The molecule has 0 bridgehead atoms. The largest absolute Gasteiger partial charge is 0.314 e. The summed E-state index contributed by atoms with van der Waals surface area (Å²) in [6, 6.07) is 4.05. The van der Waals surface area contributed by atoms with Crippen molar-refractivity contribution >= 4 is 0 Å². The molecule has 0 unspecified atom stereocenters. The zero-order chi connectivity index (χ0) is 12.4. The van der Waals surface area contributed by atoms with E-state index in [1.165, 1.54) is 19.1 Å². The number of nitrogens with zero attached hydrogens (tertiary/aromatic N) is 1. The Morgan fingerprint density at radius 2 is 2.00 bits per heavy atom. The Labute approximate surface area is 97.9 Å². The summed E-state index contributed by atoms with van der Waals surface area (Å²) >= 11 is 0. The number of aromatic nitrogens is 2. The highest BCUT2D eigenvalue weighted by Gasteiger charge is 2.12. The third kappa shape index (κ3) is 2.34. The zero-order valence-electron chi connectivity index (χ0n) is 9.64. The van der Waals surface area contributed by atoms with Crippen LogP contribution in [0.5, 0.6) is 0 Å². The van der Waals surface area contributed by atoms with Crippen LogP contribution < -0.4 is 5.32 Å². The van der Waals surface area contributed by atoms with Gasteiger partial charge in [0.1, 0.15) is 11.6 Å². The molecule has 2 rings (SSSR count). The van der Waals surface area contributed by atoms with Crippen molar-refractivity contribution in [3.63, 3.8) is 0 Å². The maximum Gasteiger partial charge on any atom is 0.133 e. The van der Waals surface area contributed by atoms with Gasteiger partial charge in [0.05, 0.1) is 5.69 Å². The summed E-state index contributed by atoms with van der Waals surface area (Å²) < 4.78 is 27.1. The molecule has 1 aromatic carbocycles. The van der Waals surface area contributed by atoms with E-state index >= 15 is 0 Å². The van der Waals surface area contributed by atoms with Crippen LogP contribution in [0.15, 0.2) is 18.2 Å². The van der Waals surface area contributed by atoms with Gasteiger partial charge in [0.15, 0.2) is 0 Å². The molecule has 1 heterocycles. The Morgan fingerprint density at radius 3 is 2.71 bits per heavy atom. The lowest BCUT2D eigenvalue weighted by Crippen LogP contribution is -2.04. The van der Waals surface area contributed by atoms with Gasteiger partial charge in [-0.3, -0.25) is 5.10 Å². The van der Waals surface area contributed by atoms with Crippen molar-refractivity contribution in [3.8, 4) is 11.3 Å². The lowest BCUT2D eigenvalue weighted by atomic mass is 10.1. The molecule has 0 saturated heterocycles. The predicted octanol–water partition coefficient (Wildman–Crippen LogP) is 2.38. The van der Waals surface area contributed by atoms with Crippen LogP contribution in [0.25, 0.3) is 11.3 Å². The second-order valence-corrected chi connectivity index (χ2v) is 3.89. The molecule has 0 amide bonds. The number of benzene rings is 1. The summed E-state index contributed by atoms with van der Waals surface area (Å²) in [7, 11) is 1.80. The van der Waals surface area contributed by atoms with E-state index in [9.17, 15) is 8.78 Å². The van der Waals surface area contributed by atoms with Gasteiger partial charge in [-0.2, -0.15) is 5.10 Å². The first-order chi connectivity index (χ1) is 8.11. The summed E-state index contributed by atoms with van der Waals surface area (Å²) in [5, 5.41) is 9.67. The molecule has 1 aromatic heterocycles. The third-order valence-electron chi connectivity index (χ3n) is 2.52. The minimum atomic E-state index is -0.466. The number of rotatable bonds is 3. The third-order valence-corrected chi connectivity index (χ3v) is 2.52. The van der Waals surface area contributed by atoms with E-state index in [1.54, 1.807) is 13.1 Å². The normalized spacial score (nSPS) is 10.8. The SMILES string of the molecule is CNCc1cc(-c2cc(F)c(C)cc2F)n[nH]1. The van der Waals surface area contributed by atoms with Gasteiger partial charge >= 0.3 is 0 Å². The molecule has 0 aliphatic carbocycles. The topological polar surface area (TPSA) is 40.7 Å². The maximum atomic E-state index is 13.7. The Kier molecular flexibility index (Phi) is 3.19. The molecule has 0 aliphatic rings. The van der Waals surface area contributed by atoms with Gasteiger partial charge < -0.3 is 5.32 Å². The average molecular weight is 237 g/mol. The lowest BCUT2D eigenvalue weighted by molar-refractivity contribution is 0.594. The van der Waals surface area contributed by atoms with E-state index in [2.05, 4.69) is 15.5 Å². The fourth-order valence-corrected chi connectivity index (χ4v) is 1.62. The van der Waals surface area contributed by atoms with Crippen LogP contribution >= 0.6 is 0 Å². The number of nitrogens with one attached hydrogen (secondary N) is 2. The average Bonchev–Trinajstić information content (AvgIpc) is 2.72. The molecule has 0 spiro atoms. The molecule has 2 N–H and O–H groups in total. The maximum absolute atomic E-state index is 13.7. The van der Waals surface area contributed by atoms with E-state index in [0.29, 0.717) is 12.2 Å². The monoisotopic (exact) mass is 237 g/mol. The number of hydrogen-bond acceptors (Lipinski definition) is 2. The molecular weight excluding hydrogens is 224 g/mol. The first-order valence-corrected chi connectivity index (χ1v) is 5.26. The summed E-state index contributed by atoms with van der Waals surface area (Å²) in [6.45, 7) is 2.13. The van der Waals surface area contributed by atoms with E-state index in [0.717, 1.165) is 5.69 Å². The highest BCUT2D eigenvalue weighted by atomic mass is 19.1. The van der Waals surface area contributed by atoms with Gasteiger partial charge in [-0.05, 0) is 37.7 Å². The standard InChI is InChI=1S/C12H13F2N3/c1-7-3-11(14)9(5-10(7)13)12-4-8(6-15-2)16-17-12/h3-5,15H,6H2,1-2H3,(H,16,17). The van der Waals surface area contributed by atoms with Crippen LogP contribution in [0.3, 0.4) is 0 Å². The Morgan fingerprint density at radius 1 is 1.24 bits per heavy atom. The van der Waals surface area contributed by atoms with Crippen molar-refractivity contribution in [2.45, 2.75) is 13.5 Å². The van der Waals surface area contributed by atoms with Gasteiger partial charge in [0.25, 0.3) is 0 Å². The predicted molar refractivity (Wildman–Crippen MR) is 61.4 cm³/mol. The number of aryl methyl sites for hydroxylation is 1. The van der Waals surface area contributed by atoms with Crippen LogP contribution in [0.4, 0.5) is 8.78 Å². The fourth-order valence-electron chi connectivity index (χ4n) is 1.62. The van der Waals surface area contributed by atoms with Gasteiger partial charge in [-0.15, -0.1) is 0 Å². The molecule has 0 saturated carbocycles. The molecular formula is C12H13F2N3. The Hall–Kier alpha value is -1.75. The van der Waals surface area contributed by atoms with E-state index in [1.807, 2.05) is 0 Å². The quantitative estimate of drug-likeness (QED) is 0.860. The van der Waals surface area contributed by atoms with E-state index < -0.39 is 11.6 Å².